The van der Waals surface area contributed by atoms with E-state index in [0.29, 0.717) is 12.8 Å². The fourth-order valence-electron chi connectivity index (χ4n) is 4.69. The summed E-state index contributed by atoms with van der Waals surface area (Å²) in [6.45, 7) is 3.95. The van der Waals surface area contributed by atoms with E-state index in [2.05, 4.69) is 86.8 Å². The van der Waals surface area contributed by atoms with Gasteiger partial charge in [-0.25, -0.2) is 0 Å². The molecule has 0 heterocycles. The topological polar surface area (TPSA) is 72.8 Å². The Morgan fingerprint density at radius 3 is 1.46 bits per heavy atom. The van der Waals surface area contributed by atoms with Gasteiger partial charge in [0.2, 0.25) is 0 Å². The zero-order valence-corrected chi connectivity index (χ0v) is 29.6. The van der Waals surface area contributed by atoms with Gasteiger partial charge in [-0.2, -0.15) is 0 Å². The first-order valence-electron chi connectivity index (χ1n) is 18.5. The van der Waals surface area contributed by atoms with E-state index >= 15 is 0 Å². The second kappa shape index (κ2) is 36.8. The minimum Gasteiger partial charge on any atom is -0.462 e. The smallest absolute Gasteiger partial charge is 0.306 e. The van der Waals surface area contributed by atoms with E-state index in [-0.39, 0.29) is 25.2 Å². The standard InChI is InChI=1S/C41H68O5/c1-3-5-7-9-11-13-15-17-18-19-20-21-22-24-25-27-29-31-33-35-40(43)45-38-39(37-42)46-41(44)36-34-32-30-28-26-23-16-14-12-10-8-6-4-2/h5,7,11,13-14,16-18,20-21,24-25,39,42H,3-4,6,8-10,12,15,19,22-23,26-38H2,1-2H3/t39-/m0/s1. The van der Waals surface area contributed by atoms with Crippen molar-refractivity contribution in [2.24, 2.45) is 0 Å². The summed E-state index contributed by atoms with van der Waals surface area (Å²) in [4.78, 5) is 24.2. The molecule has 0 aliphatic heterocycles. The first-order chi connectivity index (χ1) is 22.6. The van der Waals surface area contributed by atoms with Crippen molar-refractivity contribution in [1.82, 2.24) is 0 Å². The van der Waals surface area contributed by atoms with Gasteiger partial charge in [0.1, 0.15) is 6.61 Å². The Kier molecular flexibility index (Phi) is 34.7. The van der Waals surface area contributed by atoms with Crippen molar-refractivity contribution in [2.45, 2.75) is 161 Å². The van der Waals surface area contributed by atoms with Crippen LogP contribution in [0.1, 0.15) is 155 Å². The summed E-state index contributed by atoms with van der Waals surface area (Å²) in [5.41, 5.74) is 0. The molecule has 1 atom stereocenters. The van der Waals surface area contributed by atoms with Crippen LogP contribution in [0, 0.1) is 0 Å². The van der Waals surface area contributed by atoms with Gasteiger partial charge in [-0.05, 0) is 83.5 Å². The molecule has 0 rings (SSSR count). The lowest BCUT2D eigenvalue weighted by Crippen LogP contribution is -2.28. The van der Waals surface area contributed by atoms with Gasteiger partial charge in [-0.1, -0.05) is 132 Å². The fraction of sp³-hybridized carbons (Fsp3) is 0.659. The van der Waals surface area contributed by atoms with E-state index in [1.165, 1.54) is 44.9 Å². The van der Waals surface area contributed by atoms with Crippen molar-refractivity contribution in [1.29, 1.82) is 0 Å². The third kappa shape index (κ3) is 34.2. The lowest BCUT2D eigenvalue weighted by atomic mass is 10.1. The van der Waals surface area contributed by atoms with Gasteiger partial charge in [0.05, 0.1) is 6.61 Å². The molecular weight excluding hydrogens is 572 g/mol. The summed E-state index contributed by atoms with van der Waals surface area (Å²) in [6.07, 6.45) is 48.1. The van der Waals surface area contributed by atoms with Gasteiger partial charge < -0.3 is 14.6 Å². The monoisotopic (exact) mass is 641 g/mol. The second-order valence-corrected chi connectivity index (χ2v) is 11.9. The van der Waals surface area contributed by atoms with Crippen LogP contribution in [0.5, 0.6) is 0 Å². The molecule has 0 unspecified atom stereocenters. The molecule has 5 nitrogen and oxygen atoms in total. The minimum atomic E-state index is -0.791. The molecule has 0 bridgehead atoms. The molecule has 0 saturated carbocycles. The maximum Gasteiger partial charge on any atom is 0.306 e. The minimum absolute atomic E-state index is 0.0900. The molecule has 0 aromatic heterocycles. The summed E-state index contributed by atoms with van der Waals surface area (Å²) in [7, 11) is 0. The number of aliphatic hydroxyl groups is 1. The number of carbonyl (C=O) groups is 2. The average Bonchev–Trinajstić information content (AvgIpc) is 3.06. The number of carbonyl (C=O) groups excluding carboxylic acids is 2. The quantitative estimate of drug-likeness (QED) is 0.0450. The average molecular weight is 641 g/mol. The molecule has 0 amide bonds. The normalized spacial score (nSPS) is 13.0. The lowest BCUT2D eigenvalue weighted by molar-refractivity contribution is -0.161. The van der Waals surface area contributed by atoms with Crippen LogP contribution < -0.4 is 0 Å². The maximum absolute atomic E-state index is 12.1. The fourth-order valence-corrected chi connectivity index (χ4v) is 4.69. The Hall–Kier alpha value is -2.66. The predicted octanol–water partition coefficient (Wildman–Crippen LogP) is 11.4. The lowest BCUT2D eigenvalue weighted by Gasteiger charge is -2.15. The van der Waals surface area contributed by atoms with E-state index in [4.69, 9.17) is 9.47 Å². The molecule has 0 spiro atoms. The van der Waals surface area contributed by atoms with Crippen LogP contribution in [0.15, 0.2) is 72.9 Å². The van der Waals surface area contributed by atoms with Crippen molar-refractivity contribution in [3.63, 3.8) is 0 Å². The number of rotatable bonds is 32. The summed E-state index contributed by atoms with van der Waals surface area (Å²) in [6, 6.07) is 0. The molecule has 0 fully saturated rings. The van der Waals surface area contributed by atoms with Crippen LogP contribution in [0.2, 0.25) is 0 Å². The summed E-state index contributed by atoms with van der Waals surface area (Å²) < 4.78 is 10.5. The Morgan fingerprint density at radius 2 is 0.935 bits per heavy atom. The molecule has 5 heteroatoms. The Labute approximate surface area is 283 Å². The molecule has 46 heavy (non-hydrogen) atoms. The molecule has 0 aliphatic carbocycles. The van der Waals surface area contributed by atoms with Gasteiger partial charge in [0, 0.05) is 12.8 Å². The Bertz CT molecular complexity index is 864. The highest BCUT2D eigenvalue weighted by Crippen LogP contribution is 2.11. The summed E-state index contributed by atoms with van der Waals surface area (Å²) in [5.74, 6) is -0.646. The van der Waals surface area contributed by atoms with E-state index in [0.717, 1.165) is 83.5 Å². The highest BCUT2D eigenvalue weighted by Gasteiger charge is 2.16. The van der Waals surface area contributed by atoms with Crippen molar-refractivity contribution in [3.8, 4) is 0 Å². The number of allylic oxidation sites excluding steroid dienone is 12. The molecule has 262 valence electrons. The van der Waals surface area contributed by atoms with Gasteiger partial charge in [0.15, 0.2) is 6.10 Å². The summed E-state index contributed by atoms with van der Waals surface area (Å²) >= 11 is 0. The number of hydrogen-bond donors (Lipinski definition) is 1. The number of aliphatic hydroxyl groups excluding tert-OH is 1. The molecular formula is C41H68O5. The van der Waals surface area contributed by atoms with Gasteiger partial charge in [0.25, 0.3) is 0 Å². The van der Waals surface area contributed by atoms with E-state index in [1.54, 1.807) is 0 Å². The number of esters is 2. The Balaban J connectivity index is 3.69. The van der Waals surface area contributed by atoms with Crippen LogP contribution in [-0.4, -0.2) is 36.4 Å². The maximum atomic E-state index is 12.1. The van der Waals surface area contributed by atoms with E-state index in [9.17, 15) is 14.7 Å². The van der Waals surface area contributed by atoms with Crippen LogP contribution >= 0.6 is 0 Å². The molecule has 1 N–H and O–H groups in total. The zero-order chi connectivity index (χ0) is 33.6. The largest absolute Gasteiger partial charge is 0.462 e. The number of ether oxygens (including phenoxy) is 2. The van der Waals surface area contributed by atoms with E-state index in [1.807, 2.05) is 0 Å². The first-order valence-corrected chi connectivity index (χ1v) is 18.5. The summed E-state index contributed by atoms with van der Waals surface area (Å²) in [5, 5.41) is 9.53. The molecule has 0 saturated heterocycles. The predicted molar refractivity (Wildman–Crippen MR) is 196 cm³/mol. The first kappa shape index (κ1) is 43.3. The zero-order valence-electron chi connectivity index (χ0n) is 29.6. The van der Waals surface area contributed by atoms with E-state index < -0.39 is 6.10 Å². The third-order valence-corrected chi connectivity index (χ3v) is 7.48. The SMILES string of the molecule is CCC=CCC=CCC=CCC=CCC=CCCCCCC(=O)OC[C@H](CO)OC(=O)CCCCCCCC=CCCCCCC. The highest BCUT2D eigenvalue weighted by molar-refractivity contribution is 5.70. The van der Waals surface area contributed by atoms with Crippen LogP contribution in [0.25, 0.3) is 0 Å². The molecule has 0 aliphatic rings. The van der Waals surface area contributed by atoms with Crippen molar-refractivity contribution >= 4 is 11.9 Å². The van der Waals surface area contributed by atoms with Gasteiger partial charge >= 0.3 is 11.9 Å². The number of hydrogen-bond acceptors (Lipinski definition) is 5. The van der Waals surface area contributed by atoms with Gasteiger partial charge in [-0.3, -0.25) is 9.59 Å². The third-order valence-electron chi connectivity index (χ3n) is 7.48. The molecule has 0 radical (unpaired) electrons. The van der Waals surface area contributed by atoms with Crippen molar-refractivity contribution in [2.75, 3.05) is 13.2 Å². The van der Waals surface area contributed by atoms with Crippen LogP contribution in [0.4, 0.5) is 0 Å². The molecule has 0 aromatic carbocycles. The number of unbranched alkanes of at least 4 members (excludes halogenated alkanes) is 12. The second-order valence-electron chi connectivity index (χ2n) is 11.9. The van der Waals surface area contributed by atoms with Crippen molar-refractivity contribution in [3.05, 3.63) is 72.9 Å². The highest BCUT2D eigenvalue weighted by atomic mass is 16.6. The Morgan fingerprint density at radius 1 is 0.522 bits per heavy atom. The molecule has 0 aromatic rings. The van der Waals surface area contributed by atoms with Gasteiger partial charge in [-0.15, -0.1) is 0 Å². The van der Waals surface area contributed by atoms with Crippen LogP contribution in [-0.2, 0) is 19.1 Å². The van der Waals surface area contributed by atoms with Crippen LogP contribution in [0.3, 0.4) is 0 Å². The van der Waals surface area contributed by atoms with Crippen molar-refractivity contribution < 1.29 is 24.2 Å².